The maximum absolute atomic E-state index is 13.0. The fourth-order valence-electron chi connectivity index (χ4n) is 6.31. The molecule has 4 fully saturated rings. The highest BCUT2D eigenvalue weighted by molar-refractivity contribution is 5.97. The van der Waals surface area contributed by atoms with Crippen LogP contribution in [0.5, 0.6) is 0 Å². The molecule has 6 heteroatoms. The lowest BCUT2D eigenvalue weighted by molar-refractivity contribution is -0.0167. The molecular weight excluding hydrogens is 328 g/mol. The summed E-state index contributed by atoms with van der Waals surface area (Å²) in [4.78, 5) is 29.2. The third kappa shape index (κ3) is 2.27. The van der Waals surface area contributed by atoms with Crippen LogP contribution in [0, 0.1) is 17.8 Å². The molecule has 2 heterocycles. The molecule has 0 unspecified atom stereocenters. The van der Waals surface area contributed by atoms with Gasteiger partial charge in [0.15, 0.2) is 0 Å². The second-order valence-corrected chi connectivity index (χ2v) is 8.83. The van der Waals surface area contributed by atoms with Crippen LogP contribution in [0.2, 0.25) is 0 Å². The van der Waals surface area contributed by atoms with Gasteiger partial charge in [-0.05, 0) is 62.7 Å². The number of amides is 1. The van der Waals surface area contributed by atoms with Crippen LogP contribution in [-0.2, 0) is 13.5 Å². The normalized spacial score (nSPS) is 32.3. The third-order valence-corrected chi connectivity index (χ3v) is 6.94. The second kappa shape index (κ2) is 5.44. The number of aromatic nitrogens is 3. The number of aromatic amines is 1. The van der Waals surface area contributed by atoms with Crippen molar-refractivity contribution >= 4 is 16.9 Å². The Bertz CT molecular complexity index is 919. The topological polar surface area (TPSA) is 79.8 Å². The van der Waals surface area contributed by atoms with Crippen molar-refractivity contribution in [1.82, 2.24) is 20.1 Å². The summed E-state index contributed by atoms with van der Waals surface area (Å²) in [5.41, 5.74) is 1.35. The van der Waals surface area contributed by atoms with Crippen LogP contribution in [0.3, 0.4) is 0 Å². The number of fused-ring (bicyclic) bond motifs is 1. The molecule has 4 aliphatic rings. The van der Waals surface area contributed by atoms with Crippen molar-refractivity contribution in [3.63, 3.8) is 0 Å². The van der Waals surface area contributed by atoms with Gasteiger partial charge < -0.3 is 10.3 Å². The minimum atomic E-state index is -0.221. The van der Waals surface area contributed by atoms with Crippen molar-refractivity contribution in [2.45, 2.75) is 57.4 Å². The smallest absolute Gasteiger partial charge is 0.257 e. The van der Waals surface area contributed by atoms with Gasteiger partial charge in [0, 0.05) is 18.8 Å². The highest BCUT2D eigenvalue weighted by Crippen LogP contribution is 2.55. The van der Waals surface area contributed by atoms with Crippen LogP contribution < -0.4 is 10.7 Å². The minimum Gasteiger partial charge on any atom is -0.346 e. The Hall–Kier alpha value is -2.11. The van der Waals surface area contributed by atoms with E-state index in [0.717, 1.165) is 42.7 Å². The number of pyridine rings is 1. The van der Waals surface area contributed by atoms with E-state index in [1.165, 1.54) is 19.3 Å². The van der Waals surface area contributed by atoms with Gasteiger partial charge in [-0.15, -0.1) is 0 Å². The van der Waals surface area contributed by atoms with Crippen molar-refractivity contribution in [2.24, 2.45) is 24.8 Å². The zero-order valence-corrected chi connectivity index (χ0v) is 15.5. The summed E-state index contributed by atoms with van der Waals surface area (Å²) < 4.78 is 1.68. The molecule has 2 aromatic rings. The number of nitrogens with zero attached hydrogens (tertiary/aromatic N) is 2. The molecule has 0 atom stereocenters. The molecule has 138 valence electrons. The highest BCUT2D eigenvalue weighted by atomic mass is 16.2. The van der Waals surface area contributed by atoms with Crippen molar-refractivity contribution in [1.29, 1.82) is 0 Å². The van der Waals surface area contributed by atoms with E-state index in [9.17, 15) is 9.59 Å². The Kier molecular flexibility index (Phi) is 3.37. The van der Waals surface area contributed by atoms with E-state index in [2.05, 4.69) is 15.4 Å². The summed E-state index contributed by atoms with van der Waals surface area (Å²) in [6.07, 6.45) is 9.46. The van der Waals surface area contributed by atoms with E-state index in [1.807, 2.05) is 14.0 Å². The molecule has 6 nitrogen and oxygen atoms in total. The maximum Gasteiger partial charge on any atom is 0.257 e. The number of nitrogens with one attached hydrogen (secondary N) is 2. The fraction of sp³-hybridized carbons (Fsp3) is 0.650. The van der Waals surface area contributed by atoms with Crippen molar-refractivity contribution in [3.8, 4) is 0 Å². The molecule has 0 radical (unpaired) electrons. The second-order valence-electron chi connectivity index (χ2n) is 8.83. The van der Waals surface area contributed by atoms with Gasteiger partial charge in [-0.1, -0.05) is 6.92 Å². The molecule has 2 aromatic heterocycles. The lowest BCUT2D eigenvalue weighted by Gasteiger charge is -2.56. The Morgan fingerprint density at radius 2 is 1.88 bits per heavy atom. The number of rotatable bonds is 3. The Morgan fingerprint density at radius 1 is 1.27 bits per heavy atom. The molecule has 0 spiro atoms. The molecule has 26 heavy (non-hydrogen) atoms. The van der Waals surface area contributed by atoms with Crippen LogP contribution in [0.15, 0.2) is 11.0 Å². The number of hydrogen-bond acceptors (Lipinski definition) is 3. The summed E-state index contributed by atoms with van der Waals surface area (Å²) in [6.45, 7) is 1.98. The van der Waals surface area contributed by atoms with Gasteiger partial charge in [-0.2, -0.15) is 5.10 Å². The predicted molar refractivity (Wildman–Crippen MR) is 99.1 cm³/mol. The summed E-state index contributed by atoms with van der Waals surface area (Å²) in [5.74, 6) is 2.05. The number of hydrogen-bond donors (Lipinski definition) is 2. The monoisotopic (exact) mass is 354 g/mol. The van der Waals surface area contributed by atoms with E-state index in [0.29, 0.717) is 17.5 Å². The van der Waals surface area contributed by atoms with Gasteiger partial charge in [-0.3, -0.25) is 14.3 Å². The lowest BCUT2D eigenvalue weighted by atomic mass is 9.53. The Balaban J connectivity index is 1.50. The Morgan fingerprint density at radius 3 is 2.46 bits per heavy atom. The molecule has 4 bridgehead atoms. The molecule has 6 rings (SSSR count). The molecule has 0 saturated heterocycles. The molecule has 4 saturated carbocycles. The SMILES string of the molecule is CCc1nn(C)c2[nH]cc(C(=O)NC34CC5CC(CC(C5)C3)C4)c(=O)c12. The van der Waals surface area contributed by atoms with Crippen LogP contribution in [-0.4, -0.2) is 26.2 Å². The van der Waals surface area contributed by atoms with E-state index in [-0.39, 0.29) is 22.4 Å². The van der Waals surface area contributed by atoms with Crippen LogP contribution in [0.25, 0.3) is 11.0 Å². The van der Waals surface area contributed by atoms with Crippen LogP contribution in [0.1, 0.15) is 61.5 Å². The van der Waals surface area contributed by atoms with Crippen molar-refractivity contribution in [3.05, 3.63) is 27.7 Å². The molecule has 0 aliphatic heterocycles. The number of carbonyl (C=O) groups is 1. The summed E-state index contributed by atoms with van der Waals surface area (Å²) in [6, 6.07) is 0. The van der Waals surface area contributed by atoms with E-state index in [1.54, 1.807) is 10.9 Å². The van der Waals surface area contributed by atoms with E-state index < -0.39 is 0 Å². The summed E-state index contributed by atoms with van der Waals surface area (Å²) in [5, 5.41) is 8.26. The average Bonchev–Trinajstić information content (AvgIpc) is 2.90. The number of aryl methyl sites for hydroxylation is 2. The molecular formula is C20H26N4O2. The van der Waals surface area contributed by atoms with Crippen LogP contribution >= 0.6 is 0 Å². The van der Waals surface area contributed by atoms with Gasteiger partial charge in [0.2, 0.25) is 5.43 Å². The Labute approximate surface area is 152 Å². The summed E-state index contributed by atoms with van der Waals surface area (Å²) in [7, 11) is 1.81. The molecule has 4 aliphatic carbocycles. The first-order valence-electron chi connectivity index (χ1n) is 9.88. The van der Waals surface area contributed by atoms with Crippen molar-refractivity contribution < 1.29 is 4.79 Å². The van der Waals surface area contributed by atoms with Gasteiger partial charge in [0.25, 0.3) is 5.91 Å². The zero-order chi connectivity index (χ0) is 18.1. The van der Waals surface area contributed by atoms with Gasteiger partial charge in [0.05, 0.1) is 11.1 Å². The van der Waals surface area contributed by atoms with Gasteiger partial charge in [0.1, 0.15) is 11.2 Å². The standard InChI is InChI=1S/C20H26N4O2/c1-3-15-16-17(25)14(10-21-18(16)24(2)23-15)19(26)22-20-7-11-4-12(8-20)6-13(5-11)9-20/h10-13H,3-9H2,1-2H3,(H,21,25)(H,22,26). The average molecular weight is 354 g/mol. The van der Waals surface area contributed by atoms with Gasteiger partial charge >= 0.3 is 0 Å². The zero-order valence-electron chi connectivity index (χ0n) is 15.5. The quantitative estimate of drug-likeness (QED) is 0.889. The first-order valence-corrected chi connectivity index (χ1v) is 9.88. The largest absolute Gasteiger partial charge is 0.346 e. The first-order chi connectivity index (χ1) is 12.5. The summed E-state index contributed by atoms with van der Waals surface area (Å²) >= 11 is 0. The highest BCUT2D eigenvalue weighted by Gasteiger charge is 2.51. The number of H-pyrrole nitrogens is 1. The lowest BCUT2D eigenvalue weighted by Crippen LogP contribution is -2.60. The minimum absolute atomic E-state index is 0.0875. The molecule has 2 N–H and O–H groups in total. The maximum atomic E-state index is 13.0. The van der Waals surface area contributed by atoms with E-state index in [4.69, 9.17) is 0 Å². The van der Waals surface area contributed by atoms with Crippen molar-refractivity contribution in [2.75, 3.05) is 0 Å². The first kappa shape index (κ1) is 16.1. The fourth-order valence-corrected chi connectivity index (χ4v) is 6.31. The van der Waals surface area contributed by atoms with E-state index >= 15 is 0 Å². The van der Waals surface area contributed by atoms with Crippen LogP contribution in [0.4, 0.5) is 0 Å². The molecule has 1 amide bonds. The third-order valence-electron chi connectivity index (χ3n) is 6.94. The number of carbonyl (C=O) groups excluding carboxylic acids is 1. The van der Waals surface area contributed by atoms with Gasteiger partial charge in [-0.25, -0.2) is 0 Å². The predicted octanol–water partition coefficient (Wildman–Crippen LogP) is 2.52. The molecule has 0 aromatic carbocycles.